The molecule has 0 saturated carbocycles. The number of thiazole rings is 2. The molecule has 0 N–H and O–H groups in total. The van der Waals surface area contributed by atoms with Crippen LogP contribution in [0.1, 0.15) is 18.5 Å². The molecule has 1 fully saturated rings. The van der Waals surface area contributed by atoms with Crippen molar-refractivity contribution in [3.63, 3.8) is 0 Å². The van der Waals surface area contributed by atoms with E-state index in [4.69, 9.17) is 4.74 Å². The van der Waals surface area contributed by atoms with Gasteiger partial charge in [-0.25, -0.2) is 9.97 Å². The van der Waals surface area contributed by atoms with E-state index in [0.717, 1.165) is 36.1 Å². The summed E-state index contributed by atoms with van der Waals surface area (Å²) in [5.74, 6) is 0.274. The summed E-state index contributed by atoms with van der Waals surface area (Å²) in [5.41, 5.74) is -0.811. The van der Waals surface area contributed by atoms with Crippen molar-refractivity contribution in [3.05, 3.63) is 22.7 Å². The standard InChI is InChI=1S/C13H14F3N3OS2/c14-13(15,16)10-8-22-11(18-10)19-4-1-2-9(6-19)7-20-12-17-3-5-21-12/h3,5,8-9H,1-2,4,6-7H2. The molecule has 0 radical (unpaired) electrons. The SMILES string of the molecule is FC(F)(F)c1csc(N2CCCC(COc3nccs3)C2)n1. The molecule has 1 atom stereocenters. The number of halogens is 3. The lowest BCUT2D eigenvalue weighted by atomic mass is 9.99. The lowest BCUT2D eigenvalue weighted by Gasteiger charge is -2.32. The van der Waals surface area contributed by atoms with Crippen LogP contribution in [0.4, 0.5) is 18.3 Å². The van der Waals surface area contributed by atoms with Gasteiger partial charge >= 0.3 is 6.18 Å². The number of piperidine rings is 1. The summed E-state index contributed by atoms with van der Waals surface area (Å²) >= 11 is 2.48. The maximum absolute atomic E-state index is 12.6. The maximum Gasteiger partial charge on any atom is 0.434 e. The van der Waals surface area contributed by atoms with Gasteiger partial charge in [-0.3, -0.25) is 0 Å². The molecule has 0 bridgehead atoms. The fourth-order valence-electron chi connectivity index (χ4n) is 2.39. The van der Waals surface area contributed by atoms with Crippen LogP contribution in [0.25, 0.3) is 0 Å². The van der Waals surface area contributed by atoms with E-state index in [-0.39, 0.29) is 5.92 Å². The number of alkyl halides is 3. The maximum atomic E-state index is 12.6. The Hall–Kier alpha value is -1.35. The summed E-state index contributed by atoms with van der Waals surface area (Å²) in [6.45, 7) is 1.93. The van der Waals surface area contributed by atoms with E-state index < -0.39 is 11.9 Å². The molecule has 3 heterocycles. The number of nitrogens with zero attached hydrogens (tertiary/aromatic N) is 3. The third kappa shape index (κ3) is 3.70. The van der Waals surface area contributed by atoms with Crippen LogP contribution in [-0.2, 0) is 6.18 Å². The van der Waals surface area contributed by atoms with Gasteiger partial charge in [0.1, 0.15) is 0 Å². The van der Waals surface area contributed by atoms with Gasteiger partial charge in [0.2, 0.25) is 0 Å². The smallest absolute Gasteiger partial charge is 0.434 e. The number of rotatable bonds is 4. The molecule has 0 spiro atoms. The van der Waals surface area contributed by atoms with Gasteiger partial charge in [0, 0.05) is 36.0 Å². The zero-order valence-electron chi connectivity index (χ0n) is 11.5. The molecular weight excluding hydrogens is 335 g/mol. The van der Waals surface area contributed by atoms with Crippen LogP contribution in [0.2, 0.25) is 0 Å². The van der Waals surface area contributed by atoms with E-state index in [2.05, 4.69) is 9.97 Å². The summed E-state index contributed by atoms with van der Waals surface area (Å²) in [6, 6.07) is 0. The van der Waals surface area contributed by atoms with Crippen molar-refractivity contribution in [2.24, 2.45) is 5.92 Å². The molecule has 3 rings (SSSR count). The Bertz CT molecular complexity index is 600. The Morgan fingerprint density at radius 3 is 2.91 bits per heavy atom. The van der Waals surface area contributed by atoms with Crippen LogP contribution >= 0.6 is 22.7 Å². The van der Waals surface area contributed by atoms with Gasteiger partial charge in [0.15, 0.2) is 10.8 Å². The van der Waals surface area contributed by atoms with Crippen molar-refractivity contribution in [1.29, 1.82) is 0 Å². The third-order valence-electron chi connectivity index (χ3n) is 3.42. The highest BCUT2D eigenvalue weighted by Gasteiger charge is 2.34. The van der Waals surface area contributed by atoms with Crippen LogP contribution < -0.4 is 9.64 Å². The van der Waals surface area contributed by atoms with E-state index in [1.54, 1.807) is 6.20 Å². The van der Waals surface area contributed by atoms with Crippen LogP contribution in [0.5, 0.6) is 5.19 Å². The topological polar surface area (TPSA) is 38.2 Å². The Morgan fingerprint density at radius 2 is 2.23 bits per heavy atom. The highest BCUT2D eigenvalue weighted by atomic mass is 32.1. The van der Waals surface area contributed by atoms with Crippen molar-refractivity contribution < 1.29 is 17.9 Å². The van der Waals surface area contributed by atoms with Crippen molar-refractivity contribution in [3.8, 4) is 5.19 Å². The molecule has 9 heteroatoms. The lowest BCUT2D eigenvalue weighted by Crippen LogP contribution is -2.37. The first-order chi connectivity index (χ1) is 10.5. The van der Waals surface area contributed by atoms with Gasteiger partial charge in [0.05, 0.1) is 6.61 Å². The molecule has 1 unspecified atom stereocenters. The minimum absolute atomic E-state index is 0.274. The van der Waals surface area contributed by atoms with Crippen LogP contribution in [0.15, 0.2) is 17.0 Å². The molecule has 0 aromatic carbocycles. The highest BCUT2D eigenvalue weighted by molar-refractivity contribution is 7.13. The third-order valence-corrected chi connectivity index (χ3v) is 5.01. The summed E-state index contributed by atoms with van der Waals surface area (Å²) < 4.78 is 43.5. The van der Waals surface area contributed by atoms with Gasteiger partial charge in [-0.15, -0.1) is 11.3 Å². The second-order valence-corrected chi connectivity index (χ2v) is 6.77. The Labute approximate surface area is 133 Å². The van der Waals surface area contributed by atoms with Gasteiger partial charge in [-0.1, -0.05) is 11.3 Å². The van der Waals surface area contributed by atoms with Crippen LogP contribution in [-0.4, -0.2) is 29.7 Å². The van der Waals surface area contributed by atoms with Crippen molar-refractivity contribution in [2.45, 2.75) is 19.0 Å². The lowest BCUT2D eigenvalue weighted by molar-refractivity contribution is -0.140. The average molecular weight is 349 g/mol. The molecule has 120 valence electrons. The summed E-state index contributed by atoms with van der Waals surface area (Å²) in [7, 11) is 0. The van der Waals surface area contributed by atoms with Crippen molar-refractivity contribution in [1.82, 2.24) is 9.97 Å². The number of anilines is 1. The number of hydrogen-bond donors (Lipinski definition) is 0. The first kappa shape index (κ1) is 15.5. The molecule has 1 aliphatic heterocycles. The van der Waals surface area contributed by atoms with E-state index >= 15 is 0 Å². The first-order valence-electron chi connectivity index (χ1n) is 6.82. The summed E-state index contributed by atoms with van der Waals surface area (Å²) in [5, 5.41) is 3.99. The molecule has 22 heavy (non-hydrogen) atoms. The molecule has 0 aliphatic carbocycles. The summed E-state index contributed by atoms with van der Waals surface area (Å²) in [4.78, 5) is 9.69. The second kappa shape index (κ2) is 6.41. The fourth-order valence-corrected chi connectivity index (χ4v) is 3.75. The minimum Gasteiger partial charge on any atom is -0.470 e. The van der Waals surface area contributed by atoms with Crippen LogP contribution in [0, 0.1) is 5.92 Å². The fraction of sp³-hybridized carbons (Fsp3) is 0.538. The van der Waals surface area contributed by atoms with E-state index in [1.807, 2.05) is 10.3 Å². The van der Waals surface area contributed by atoms with Crippen molar-refractivity contribution >= 4 is 27.8 Å². The quantitative estimate of drug-likeness (QED) is 0.839. The molecule has 2 aromatic rings. The number of hydrogen-bond acceptors (Lipinski definition) is 6. The Balaban J connectivity index is 1.59. The Morgan fingerprint density at radius 1 is 1.36 bits per heavy atom. The van der Waals surface area contributed by atoms with E-state index in [1.165, 1.54) is 11.3 Å². The molecule has 0 amide bonds. The first-order valence-corrected chi connectivity index (χ1v) is 8.58. The van der Waals surface area contributed by atoms with Gasteiger partial charge in [0.25, 0.3) is 5.19 Å². The van der Waals surface area contributed by atoms with Gasteiger partial charge in [-0.2, -0.15) is 13.2 Å². The zero-order chi connectivity index (χ0) is 15.6. The normalized spacial score (nSPS) is 19.4. The molecule has 1 aliphatic rings. The zero-order valence-corrected chi connectivity index (χ0v) is 13.2. The largest absolute Gasteiger partial charge is 0.470 e. The monoisotopic (exact) mass is 349 g/mol. The number of ether oxygens (including phenoxy) is 1. The molecule has 1 saturated heterocycles. The van der Waals surface area contributed by atoms with Crippen LogP contribution in [0.3, 0.4) is 0 Å². The molecular formula is C13H14F3N3OS2. The molecule has 2 aromatic heterocycles. The average Bonchev–Trinajstić information content (AvgIpc) is 3.16. The predicted molar refractivity (Wildman–Crippen MR) is 79.7 cm³/mol. The molecule has 4 nitrogen and oxygen atoms in total. The highest BCUT2D eigenvalue weighted by Crippen LogP contribution is 2.34. The Kier molecular flexibility index (Phi) is 4.53. The predicted octanol–water partition coefficient (Wildman–Crippen LogP) is 3.91. The summed E-state index contributed by atoms with van der Waals surface area (Å²) in [6.07, 6.45) is -0.772. The van der Waals surface area contributed by atoms with E-state index in [9.17, 15) is 13.2 Å². The van der Waals surface area contributed by atoms with Gasteiger partial charge < -0.3 is 9.64 Å². The van der Waals surface area contributed by atoms with Crippen molar-refractivity contribution in [2.75, 3.05) is 24.6 Å². The van der Waals surface area contributed by atoms with E-state index in [0.29, 0.717) is 23.5 Å². The second-order valence-electron chi connectivity index (χ2n) is 5.08. The minimum atomic E-state index is -4.38. The van der Waals surface area contributed by atoms with Gasteiger partial charge in [-0.05, 0) is 12.8 Å². The number of aromatic nitrogens is 2.